The van der Waals surface area contributed by atoms with E-state index in [0.29, 0.717) is 10.7 Å². The van der Waals surface area contributed by atoms with Crippen molar-refractivity contribution in [3.05, 3.63) is 29.3 Å². The van der Waals surface area contributed by atoms with Gasteiger partial charge in [0.15, 0.2) is 9.84 Å². The third-order valence-corrected chi connectivity index (χ3v) is 3.60. The minimum absolute atomic E-state index is 0.440. The highest BCUT2D eigenvalue weighted by atomic mass is 35.5. The van der Waals surface area contributed by atoms with Crippen LogP contribution in [0.3, 0.4) is 0 Å². The van der Waals surface area contributed by atoms with Crippen LogP contribution in [0.15, 0.2) is 24.3 Å². The largest absolute Gasteiger partial charge is 0.325 e. The molecular weight excluding hydrogens is 269 g/mol. The Balaban J connectivity index is 2.59. The van der Waals surface area contributed by atoms with E-state index in [1.807, 2.05) is 0 Å². The first kappa shape index (κ1) is 13.9. The van der Waals surface area contributed by atoms with E-state index in [1.165, 1.54) is 0 Å². The molecule has 17 heavy (non-hydrogen) atoms. The van der Waals surface area contributed by atoms with Crippen LogP contribution in [-0.4, -0.2) is 32.5 Å². The van der Waals surface area contributed by atoms with Gasteiger partial charge in [-0.05, 0) is 24.3 Å². The zero-order valence-electron chi connectivity index (χ0n) is 8.82. The molecule has 0 heterocycles. The molecule has 1 N–H and O–H groups in total. The maximum absolute atomic E-state index is 11.9. The van der Waals surface area contributed by atoms with E-state index in [9.17, 15) is 17.6 Å². The number of benzene rings is 1. The molecule has 0 aliphatic heterocycles. The topological polar surface area (TPSA) is 63.2 Å². The van der Waals surface area contributed by atoms with Gasteiger partial charge in [0.1, 0.15) is 12.4 Å². The fraction of sp³-hybridized carbons (Fsp3) is 0.300. The molecule has 1 aromatic carbocycles. The Morgan fingerprint density at radius 3 is 2.41 bits per heavy atom. The molecule has 0 aliphatic rings. The molecule has 0 saturated carbocycles. The van der Waals surface area contributed by atoms with Crippen molar-refractivity contribution in [2.24, 2.45) is 0 Å². The molecule has 1 aromatic rings. The van der Waals surface area contributed by atoms with Crippen molar-refractivity contribution >= 4 is 33.0 Å². The molecule has 1 rings (SSSR count). The van der Waals surface area contributed by atoms with Crippen molar-refractivity contribution in [2.75, 3.05) is 23.5 Å². The molecule has 0 bridgehead atoms. The number of hydrogen-bond donors (Lipinski definition) is 1. The number of anilines is 1. The van der Waals surface area contributed by atoms with E-state index in [2.05, 4.69) is 5.32 Å². The van der Waals surface area contributed by atoms with E-state index in [0.717, 1.165) is 0 Å². The predicted molar refractivity (Wildman–Crippen MR) is 64.7 cm³/mol. The number of carbonyl (C=O) groups is 1. The number of nitrogens with one attached hydrogen (secondary N) is 1. The summed E-state index contributed by atoms with van der Waals surface area (Å²) < 4.78 is 34.2. The second kappa shape index (κ2) is 5.97. The molecule has 94 valence electrons. The number of carbonyl (C=O) groups excluding carboxylic acids is 1. The van der Waals surface area contributed by atoms with Gasteiger partial charge in [-0.25, -0.2) is 12.8 Å². The lowest BCUT2D eigenvalue weighted by Crippen LogP contribution is -2.25. The summed E-state index contributed by atoms with van der Waals surface area (Å²) in [4.78, 5) is 11.3. The summed E-state index contributed by atoms with van der Waals surface area (Å²) in [5.41, 5.74) is 0.440. The highest BCUT2D eigenvalue weighted by Crippen LogP contribution is 2.13. The van der Waals surface area contributed by atoms with Gasteiger partial charge in [0.05, 0.1) is 5.75 Å². The van der Waals surface area contributed by atoms with Gasteiger partial charge in [-0.3, -0.25) is 4.79 Å². The van der Waals surface area contributed by atoms with Crippen molar-refractivity contribution in [1.82, 2.24) is 0 Å². The summed E-state index contributed by atoms with van der Waals surface area (Å²) in [6, 6.07) is 6.21. The summed E-state index contributed by atoms with van der Waals surface area (Å²) in [6.45, 7) is -0.990. The van der Waals surface area contributed by atoms with Crippen molar-refractivity contribution < 1.29 is 17.6 Å². The van der Waals surface area contributed by atoms with Crippen LogP contribution >= 0.6 is 11.6 Å². The summed E-state index contributed by atoms with van der Waals surface area (Å²) >= 11 is 5.65. The molecule has 0 fully saturated rings. The van der Waals surface area contributed by atoms with Crippen molar-refractivity contribution in [3.63, 3.8) is 0 Å². The normalized spacial score (nSPS) is 11.2. The number of hydrogen-bond acceptors (Lipinski definition) is 3. The molecule has 0 radical (unpaired) electrons. The Hall–Kier alpha value is -1.14. The van der Waals surface area contributed by atoms with Gasteiger partial charge in [-0.2, -0.15) is 0 Å². The van der Waals surface area contributed by atoms with E-state index in [4.69, 9.17) is 11.6 Å². The van der Waals surface area contributed by atoms with Crippen LogP contribution < -0.4 is 5.32 Å². The Morgan fingerprint density at radius 2 is 1.88 bits per heavy atom. The van der Waals surface area contributed by atoms with Gasteiger partial charge in [0.25, 0.3) is 0 Å². The van der Waals surface area contributed by atoms with Crippen molar-refractivity contribution in [3.8, 4) is 0 Å². The zero-order valence-corrected chi connectivity index (χ0v) is 10.4. The molecule has 0 aromatic heterocycles. The van der Waals surface area contributed by atoms with Crippen molar-refractivity contribution in [1.29, 1.82) is 0 Å². The fourth-order valence-electron chi connectivity index (χ4n) is 1.12. The SMILES string of the molecule is O=C(CS(=O)(=O)CCF)Nc1ccc(Cl)cc1. The van der Waals surface area contributed by atoms with E-state index < -0.39 is 33.9 Å². The van der Waals surface area contributed by atoms with Crippen LogP contribution in [-0.2, 0) is 14.6 Å². The molecule has 0 aliphatic carbocycles. The van der Waals surface area contributed by atoms with Gasteiger partial charge < -0.3 is 5.32 Å². The highest BCUT2D eigenvalue weighted by molar-refractivity contribution is 7.92. The van der Waals surface area contributed by atoms with Crippen LogP contribution in [0, 0.1) is 0 Å². The van der Waals surface area contributed by atoms with Crippen molar-refractivity contribution in [2.45, 2.75) is 0 Å². The molecular formula is C10H11ClFNO3S. The molecule has 0 atom stereocenters. The molecule has 0 saturated heterocycles. The number of sulfone groups is 1. The van der Waals surface area contributed by atoms with Gasteiger partial charge in [-0.15, -0.1) is 0 Å². The summed E-state index contributed by atoms with van der Waals surface area (Å²) in [6.07, 6.45) is 0. The second-order valence-electron chi connectivity index (χ2n) is 3.34. The minimum atomic E-state index is -3.67. The summed E-state index contributed by atoms with van der Waals surface area (Å²) in [7, 11) is -3.67. The number of alkyl halides is 1. The summed E-state index contributed by atoms with van der Waals surface area (Å²) in [5, 5.41) is 2.89. The molecule has 1 amide bonds. The second-order valence-corrected chi connectivity index (χ2v) is 5.96. The van der Waals surface area contributed by atoms with E-state index >= 15 is 0 Å². The average molecular weight is 280 g/mol. The summed E-state index contributed by atoms with van der Waals surface area (Å²) in [5.74, 6) is -2.05. The van der Waals surface area contributed by atoms with E-state index in [1.54, 1.807) is 24.3 Å². The lowest BCUT2D eigenvalue weighted by Gasteiger charge is -2.05. The van der Waals surface area contributed by atoms with Crippen LogP contribution in [0.2, 0.25) is 5.02 Å². The smallest absolute Gasteiger partial charge is 0.239 e. The standard InChI is InChI=1S/C10H11ClFNO3S/c11-8-1-3-9(4-2-8)13-10(14)7-17(15,16)6-5-12/h1-4H,5-7H2,(H,13,14). The minimum Gasteiger partial charge on any atom is -0.325 e. The fourth-order valence-corrected chi connectivity index (χ4v) is 2.10. The third kappa shape index (κ3) is 5.14. The predicted octanol–water partition coefficient (Wildman–Crippen LogP) is 1.66. The Morgan fingerprint density at radius 1 is 1.29 bits per heavy atom. The molecule has 7 heteroatoms. The van der Waals surface area contributed by atoms with Gasteiger partial charge in [0, 0.05) is 10.7 Å². The monoisotopic (exact) mass is 279 g/mol. The van der Waals surface area contributed by atoms with Crippen LogP contribution in [0.5, 0.6) is 0 Å². The Bertz CT molecular complexity index is 487. The van der Waals surface area contributed by atoms with Crippen LogP contribution in [0.25, 0.3) is 0 Å². The lowest BCUT2D eigenvalue weighted by atomic mass is 10.3. The number of halogens is 2. The maximum Gasteiger partial charge on any atom is 0.239 e. The van der Waals surface area contributed by atoms with Gasteiger partial charge in [0.2, 0.25) is 5.91 Å². The molecule has 4 nitrogen and oxygen atoms in total. The molecule has 0 unspecified atom stereocenters. The number of amides is 1. The lowest BCUT2D eigenvalue weighted by molar-refractivity contribution is -0.113. The first-order valence-electron chi connectivity index (χ1n) is 4.75. The van der Waals surface area contributed by atoms with E-state index in [-0.39, 0.29) is 0 Å². The third-order valence-electron chi connectivity index (χ3n) is 1.87. The Kier molecular flexibility index (Phi) is 4.89. The van der Waals surface area contributed by atoms with Crippen LogP contribution in [0.1, 0.15) is 0 Å². The Labute approximate surface area is 104 Å². The highest BCUT2D eigenvalue weighted by Gasteiger charge is 2.16. The average Bonchev–Trinajstić information content (AvgIpc) is 2.20. The molecule has 0 spiro atoms. The maximum atomic E-state index is 11.9. The van der Waals surface area contributed by atoms with Gasteiger partial charge in [-0.1, -0.05) is 11.6 Å². The van der Waals surface area contributed by atoms with Crippen LogP contribution in [0.4, 0.5) is 10.1 Å². The first-order valence-corrected chi connectivity index (χ1v) is 6.95. The quantitative estimate of drug-likeness (QED) is 0.892. The number of rotatable bonds is 5. The zero-order chi connectivity index (χ0) is 12.9. The first-order chi connectivity index (χ1) is 7.93. The van der Waals surface area contributed by atoms with Gasteiger partial charge >= 0.3 is 0 Å².